The van der Waals surface area contributed by atoms with Crippen molar-refractivity contribution in [3.8, 4) is 0 Å². The van der Waals surface area contributed by atoms with E-state index in [0.29, 0.717) is 0 Å². The van der Waals surface area contributed by atoms with Gasteiger partial charge >= 0.3 is 72.0 Å². The van der Waals surface area contributed by atoms with Crippen LogP contribution in [0.2, 0.25) is 6.85 Å². The molecule has 1 heteroatoms. The van der Waals surface area contributed by atoms with Crippen LogP contribution in [-0.2, 0) is 24.6 Å². The molecule has 0 radical (unpaired) electrons. The summed E-state index contributed by atoms with van der Waals surface area (Å²) in [6.07, 6.45) is 0. The zero-order chi connectivity index (χ0) is 7.49. The van der Waals surface area contributed by atoms with Crippen molar-refractivity contribution in [1.82, 2.24) is 0 Å². The molecule has 0 aromatic rings. The number of hydrogen-bond acceptors (Lipinski definition) is 0. The second-order valence-corrected chi connectivity index (χ2v) is 16.9. The molecular weight excluding hydrogens is 297 g/mol. The molecule has 9 heavy (non-hydrogen) atoms. The minimum absolute atomic E-state index is 0.488. The molecule has 52 valence electrons. The van der Waals surface area contributed by atoms with Crippen LogP contribution in [0.25, 0.3) is 0 Å². The SMILES string of the molecule is CC(C)[CH2][Hg][C](C)(C)C. The van der Waals surface area contributed by atoms with Gasteiger partial charge < -0.3 is 0 Å². The maximum absolute atomic E-state index is 2.40. The standard InChI is InChI=1S/2C4H9.Hg/c2*1-4(2)3;/h1-3H3;4H,1H2,2-3H3;. The second-order valence-electron chi connectivity index (χ2n) is 4.49. The van der Waals surface area contributed by atoms with Crippen molar-refractivity contribution in [2.75, 3.05) is 0 Å². The van der Waals surface area contributed by atoms with E-state index in [1.165, 1.54) is 0 Å². The molecule has 0 atom stereocenters. The van der Waals surface area contributed by atoms with Gasteiger partial charge in [-0.2, -0.15) is 0 Å². The summed E-state index contributed by atoms with van der Waals surface area (Å²) in [5.74, 6) is 0.964. The predicted octanol–water partition coefficient (Wildman–Crippen LogP) is 3.36. The molecule has 0 aromatic heterocycles. The summed E-state index contributed by atoms with van der Waals surface area (Å²) in [5.41, 5.74) is 0. The monoisotopic (exact) mass is 316 g/mol. The van der Waals surface area contributed by atoms with Crippen LogP contribution >= 0.6 is 0 Å². The average Bonchev–Trinajstić information content (AvgIpc) is 1.59. The van der Waals surface area contributed by atoms with E-state index in [0.717, 1.165) is 8.84 Å². The van der Waals surface area contributed by atoms with E-state index < -0.39 is 24.6 Å². The van der Waals surface area contributed by atoms with Crippen molar-refractivity contribution < 1.29 is 24.6 Å². The van der Waals surface area contributed by atoms with Gasteiger partial charge in [-0.25, -0.2) is 0 Å². The molecule has 0 saturated heterocycles. The van der Waals surface area contributed by atoms with Gasteiger partial charge in [-0.1, -0.05) is 0 Å². The average molecular weight is 315 g/mol. The number of rotatable bonds is 2. The van der Waals surface area contributed by atoms with Gasteiger partial charge in [0.2, 0.25) is 0 Å². The Bertz CT molecular complexity index is 69.1. The van der Waals surface area contributed by atoms with Crippen molar-refractivity contribution in [3.05, 3.63) is 0 Å². The first-order valence-corrected chi connectivity index (χ1v) is 10.6. The van der Waals surface area contributed by atoms with Crippen molar-refractivity contribution in [2.45, 2.75) is 41.5 Å². The first-order chi connectivity index (χ1) is 3.92. The van der Waals surface area contributed by atoms with Gasteiger partial charge in [-0.3, -0.25) is 0 Å². The summed E-state index contributed by atoms with van der Waals surface area (Å²) in [7, 11) is 0. The zero-order valence-electron chi connectivity index (χ0n) is 7.49. The summed E-state index contributed by atoms with van der Waals surface area (Å²) in [5, 5.41) is 0. The third kappa shape index (κ3) is 8.94. The van der Waals surface area contributed by atoms with E-state index in [4.69, 9.17) is 0 Å². The van der Waals surface area contributed by atoms with Crippen LogP contribution in [0.3, 0.4) is 0 Å². The number of hydrogen-bond donors (Lipinski definition) is 0. The van der Waals surface area contributed by atoms with Gasteiger partial charge in [0.25, 0.3) is 0 Å². The van der Waals surface area contributed by atoms with E-state index in [1.807, 2.05) is 0 Å². The van der Waals surface area contributed by atoms with Crippen LogP contribution < -0.4 is 0 Å². The maximum atomic E-state index is 2.40. The van der Waals surface area contributed by atoms with Crippen molar-refractivity contribution >= 4 is 0 Å². The molecular formula is C8H18Hg. The summed E-state index contributed by atoms with van der Waals surface area (Å²) in [4.78, 5) is 0. The summed E-state index contributed by atoms with van der Waals surface area (Å²) in [6, 6.07) is 0. The van der Waals surface area contributed by atoms with Crippen LogP contribution in [0.5, 0.6) is 0 Å². The zero-order valence-corrected chi connectivity index (χ0v) is 13.0. The molecule has 0 rings (SSSR count). The fourth-order valence-electron chi connectivity index (χ4n) is 0.722. The molecule has 0 heterocycles. The van der Waals surface area contributed by atoms with Gasteiger partial charge in [0.05, 0.1) is 0 Å². The Morgan fingerprint density at radius 1 is 1.22 bits per heavy atom. The molecule has 0 N–H and O–H groups in total. The van der Waals surface area contributed by atoms with Crippen LogP contribution in [0.4, 0.5) is 0 Å². The molecule has 0 aliphatic heterocycles. The van der Waals surface area contributed by atoms with E-state index in [2.05, 4.69) is 34.6 Å². The molecule has 0 spiro atoms. The van der Waals surface area contributed by atoms with Gasteiger partial charge in [0, 0.05) is 0 Å². The van der Waals surface area contributed by atoms with Crippen LogP contribution in [0.1, 0.15) is 34.6 Å². The van der Waals surface area contributed by atoms with E-state index in [1.54, 1.807) is 3.93 Å². The molecule has 0 saturated carbocycles. The summed E-state index contributed by atoms with van der Waals surface area (Å²) < 4.78 is 2.34. The Morgan fingerprint density at radius 3 is 1.78 bits per heavy atom. The third-order valence-electron chi connectivity index (χ3n) is 1.47. The Labute approximate surface area is 71.8 Å². The van der Waals surface area contributed by atoms with E-state index in [9.17, 15) is 0 Å². The second kappa shape index (κ2) is 3.95. The van der Waals surface area contributed by atoms with Gasteiger partial charge in [-0.15, -0.1) is 0 Å². The molecule has 0 unspecified atom stereocenters. The van der Waals surface area contributed by atoms with Gasteiger partial charge in [0.15, 0.2) is 0 Å². The third-order valence-corrected chi connectivity index (χ3v) is 12.9. The van der Waals surface area contributed by atoms with Gasteiger partial charge in [0.1, 0.15) is 0 Å². The molecule has 0 fully saturated rings. The summed E-state index contributed by atoms with van der Waals surface area (Å²) in [6.45, 7) is 11.9. The first kappa shape index (κ1) is 9.94. The fraction of sp³-hybridized carbons (Fsp3) is 1.00. The van der Waals surface area contributed by atoms with E-state index in [-0.39, 0.29) is 0 Å². The van der Waals surface area contributed by atoms with Crippen molar-refractivity contribution in [3.63, 3.8) is 0 Å². The Balaban J connectivity index is 3.28. The molecule has 0 bridgehead atoms. The minimum atomic E-state index is -0.488. The molecule has 0 nitrogen and oxygen atoms in total. The van der Waals surface area contributed by atoms with Crippen LogP contribution in [0, 0.1) is 5.92 Å². The quantitative estimate of drug-likeness (QED) is 0.686. The molecule has 0 amide bonds. The molecule has 0 aliphatic rings. The van der Waals surface area contributed by atoms with Crippen LogP contribution in [0.15, 0.2) is 0 Å². The molecule has 0 aromatic carbocycles. The van der Waals surface area contributed by atoms with E-state index >= 15 is 0 Å². The summed E-state index contributed by atoms with van der Waals surface area (Å²) >= 11 is -0.488. The normalized spacial score (nSPS) is 11.8. The van der Waals surface area contributed by atoms with Gasteiger partial charge in [-0.05, 0) is 0 Å². The Morgan fingerprint density at radius 2 is 1.67 bits per heavy atom. The fourth-order valence-corrected chi connectivity index (χ4v) is 6.33. The predicted molar refractivity (Wildman–Crippen MR) is 39.4 cm³/mol. The first-order valence-electron chi connectivity index (χ1n) is 3.92. The van der Waals surface area contributed by atoms with Crippen molar-refractivity contribution in [2.24, 2.45) is 5.92 Å². The topological polar surface area (TPSA) is 0 Å². The Hall–Kier alpha value is 0.935. The van der Waals surface area contributed by atoms with Crippen LogP contribution in [-0.4, -0.2) is 0 Å². The molecule has 0 aliphatic carbocycles. The Kier molecular flexibility index (Phi) is 4.36. The van der Waals surface area contributed by atoms with Crippen molar-refractivity contribution in [1.29, 1.82) is 0 Å².